The van der Waals surface area contributed by atoms with Crippen LogP contribution in [0.2, 0.25) is 0 Å². The maximum Gasteiger partial charge on any atom is 0.302 e. The Balaban J connectivity index is 1.78. The highest BCUT2D eigenvalue weighted by atomic mass is 127. The second-order valence-corrected chi connectivity index (χ2v) is 8.90. The summed E-state index contributed by atoms with van der Waals surface area (Å²) in [6.45, 7) is 3.62. The van der Waals surface area contributed by atoms with E-state index in [4.69, 9.17) is 4.74 Å². The number of benzene rings is 2. The van der Waals surface area contributed by atoms with E-state index in [-0.39, 0.29) is 18.2 Å². The van der Waals surface area contributed by atoms with Crippen LogP contribution < -0.4 is 4.74 Å². The molecule has 0 bridgehead atoms. The molecule has 0 spiro atoms. The summed E-state index contributed by atoms with van der Waals surface area (Å²) in [6.07, 6.45) is 0. The van der Waals surface area contributed by atoms with Crippen LogP contribution in [0.4, 0.5) is 5.69 Å². The van der Waals surface area contributed by atoms with Crippen molar-refractivity contribution in [2.75, 3.05) is 6.61 Å². The van der Waals surface area contributed by atoms with E-state index in [1.165, 1.54) is 0 Å². The van der Waals surface area contributed by atoms with E-state index in [2.05, 4.69) is 69.7 Å². The largest absolute Gasteiger partial charge is 0.493 e. The molecule has 0 unspecified atom stereocenters. The molecule has 0 saturated carbocycles. The SMILES string of the molecule is Cc1cc(I)cc(C)c1OCC(=O)N=Nc1c(O)[nH]c2c(Br)cc(Br)cc12. The number of fused-ring (bicyclic) bond motifs is 1. The number of H-pyrrole nitrogens is 1. The number of aromatic amines is 1. The third kappa shape index (κ3) is 4.52. The number of carbonyl (C=O) groups is 1. The Kier molecular flexibility index (Phi) is 6.21. The lowest BCUT2D eigenvalue weighted by Gasteiger charge is -2.10. The van der Waals surface area contributed by atoms with Crippen LogP contribution in [-0.4, -0.2) is 22.6 Å². The third-order valence-corrected chi connectivity index (χ3v) is 5.51. The normalized spacial score (nSPS) is 11.4. The van der Waals surface area contributed by atoms with Crippen molar-refractivity contribution in [3.63, 3.8) is 0 Å². The van der Waals surface area contributed by atoms with Crippen LogP contribution in [-0.2, 0) is 4.79 Å². The Hall–Kier alpha value is -1.46. The van der Waals surface area contributed by atoms with Crippen molar-refractivity contribution in [3.05, 3.63) is 47.9 Å². The zero-order chi connectivity index (χ0) is 19.7. The summed E-state index contributed by atoms with van der Waals surface area (Å²) in [5.74, 6) is -0.0393. The van der Waals surface area contributed by atoms with Gasteiger partial charge in [-0.15, -0.1) is 10.2 Å². The van der Waals surface area contributed by atoms with Crippen LogP contribution in [0.15, 0.2) is 43.4 Å². The topological polar surface area (TPSA) is 87.0 Å². The lowest BCUT2D eigenvalue weighted by molar-refractivity contribution is -0.120. The van der Waals surface area contributed by atoms with Crippen molar-refractivity contribution in [1.29, 1.82) is 0 Å². The molecule has 27 heavy (non-hydrogen) atoms. The number of ether oxygens (including phenoxy) is 1. The minimum atomic E-state index is -0.546. The Morgan fingerprint density at radius 1 is 1.22 bits per heavy atom. The van der Waals surface area contributed by atoms with E-state index in [1.54, 1.807) is 6.07 Å². The van der Waals surface area contributed by atoms with E-state index >= 15 is 0 Å². The van der Waals surface area contributed by atoms with Gasteiger partial charge in [0.1, 0.15) is 5.75 Å². The second kappa shape index (κ2) is 8.27. The zero-order valence-electron chi connectivity index (χ0n) is 14.3. The highest BCUT2D eigenvalue weighted by molar-refractivity contribution is 14.1. The van der Waals surface area contributed by atoms with Gasteiger partial charge in [-0.1, -0.05) is 15.9 Å². The number of nitrogens with one attached hydrogen (secondary N) is 1. The summed E-state index contributed by atoms with van der Waals surface area (Å²) in [7, 11) is 0. The lowest BCUT2D eigenvalue weighted by Crippen LogP contribution is -2.09. The molecule has 0 saturated heterocycles. The third-order valence-electron chi connectivity index (χ3n) is 3.80. The quantitative estimate of drug-likeness (QED) is 0.270. The first-order chi connectivity index (χ1) is 12.8. The zero-order valence-corrected chi connectivity index (χ0v) is 19.6. The van der Waals surface area contributed by atoms with Gasteiger partial charge in [-0.2, -0.15) is 0 Å². The van der Waals surface area contributed by atoms with E-state index in [9.17, 15) is 9.90 Å². The molecule has 3 rings (SSSR count). The Morgan fingerprint density at radius 2 is 1.89 bits per heavy atom. The van der Waals surface area contributed by atoms with Crippen molar-refractivity contribution in [2.24, 2.45) is 10.2 Å². The lowest BCUT2D eigenvalue weighted by atomic mass is 10.1. The molecule has 2 N–H and O–H groups in total. The Labute approximate surface area is 185 Å². The first-order valence-corrected chi connectivity index (χ1v) is 10.5. The monoisotopic (exact) mass is 605 g/mol. The van der Waals surface area contributed by atoms with Crippen molar-refractivity contribution in [3.8, 4) is 11.6 Å². The molecular weight excluding hydrogens is 593 g/mol. The molecule has 1 aromatic heterocycles. The summed E-state index contributed by atoms with van der Waals surface area (Å²) < 4.78 is 8.28. The molecule has 140 valence electrons. The molecule has 0 aliphatic heterocycles. The first kappa shape index (κ1) is 20.3. The molecule has 0 radical (unpaired) electrons. The molecule has 0 atom stereocenters. The fraction of sp³-hybridized carbons (Fsp3) is 0.167. The minimum Gasteiger partial charge on any atom is -0.493 e. The number of hydrogen-bond acceptors (Lipinski definition) is 4. The number of aromatic hydroxyl groups is 1. The fourth-order valence-corrected chi connectivity index (χ4v) is 4.95. The van der Waals surface area contributed by atoms with Gasteiger partial charge in [0.2, 0.25) is 5.88 Å². The van der Waals surface area contributed by atoms with Gasteiger partial charge in [0.05, 0.1) is 5.52 Å². The average Bonchev–Trinajstić information content (AvgIpc) is 2.88. The van der Waals surface area contributed by atoms with Crippen molar-refractivity contribution >= 4 is 76.9 Å². The second-order valence-electron chi connectivity index (χ2n) is 5.88. The number of rotatable bonds is 4. The number of halogens is 3. The van der Waals surface area contributed by atoms with Crippen LogP contribution >= 0.6 is 54.5 Å². The predicted octanol–water partition coefficient (Wildman–Crippen LogP) is 6.31. The van der Waals surface area contributed by atoms with Crippen molar-refractivity contribution in [1.82, 2.24) is 4.98 Å². The van der Waals surface area contributed by atoms with Gasteiger partial charge in [-0.05, 0) is 87.8 Å². The maximum absolute atomic E-state index is 12.1. The van der Waals surface area contributed by atoms with Gasteiger partial charge in [0.25, 0.3) is 0 Å². The summed E-state index contributed by atoms with van der Waals surface area (Å²) in [5.41, 5.74) is 2.77. The van der Waals surface area contributed by atoms with E-state index in [1.807, 2.05) is 32.0 Å². The Bertz CT molecular complexity index is 1060. The van der Waals surface area contributed by atoms with Gasteiger partial charge >= 0.3 is 5.91 Å². The number of hydrogen-bond donors (Lipinski definition) is 2. The van der Waals surface area contributed by atoms with Crippen LogP contribution in [0.25, 0.3) is 10.9 Å². The molecule has 2 aromatic carbocycles. The number of nitrogens with zero attached hydrogens (tertiary/aromatic N) is 2. The highest BCUT2D eigenvalue weighted by Gasteiger charge is 2.14. The summed E-state index contributed by atoms with van der Waals surface area (Å²) in [5, 5.41) is 18.3. The number of aromatic nitrogens is 1. The number of amides is 1. The minimum absolute atomic E-state index is 0.161. The molecule has 1 amide bonds. The van der Waals surface area contributed by atoms with Crippen molar-refractivity contribution < 1.29 is 14.6 Å². The molecule has 9 heteroatoms. The van der Waals surface area contributed by atoms with E-state index in [0.717, 1.165) is 23.6 Å². The standard InChI is InChI=1S/C18H14Br2IN3O3/c1-8-3-11(21)4-9(2)17(8)27-7-14(25)23-24-16-12-5-10(19)6-13(20)15(12)22-18(16)26/h3-6,22,26H,7H2,1-2H3. The number of carbonyl (C=O) groups excluding carboxylic acids is 1. The van der Waals surface area contributed by atoms with Gasteiger partial charge in [0.15, 0.2) is 12.3 Å². The van der Waals surface area contributed by atoms with E-state index < -0.39 is 5.91 Å². The number of azo groups is 1. The van der Waals surface area contributed by atoms with Gasteiger partial charge < -0.3 is 14.8 Å². The molecule has 0 aliphatic rings. The molecular formula is C18H14Br2IN3O3. The Morgan fingerprint density at radius 3 is 2.56 bits per heavy atom. The molecule has 6 nitrogen and oxygen atoms in total. The van der Waals surface area contributed by atoms with Crippen LogP contribution in [0.1, 0.15) is 11.1 Å². The molecule has 3 aromatic rings. The van der Waals surface area contributed by atoms with E-state index in [0.29, 0.717) is 16.7 Å². The molecule has 1 heterocycles. The molecule has 0 fully saturated rings. The predicted molar refractivity (Wildman–Crippen MR) is 119 cm³/mol. The summed E-state index contributed by atoms with van der Waals surface area (Å²) >= 11 is 9.04. The van der Waals surface area contributed by atoms with Crippen LogP contribution in [0, 0.1) is 17.4 Å². The number of aryl methyl sites for hydroxylation is 2. The average molecular weight is 607 g/mol. The van der Waals surface area contributed by atoms with Crippen LogP contribution in [0.5, 0.6) is 11.6 Å². The summed E-state index contributed by atoms with van der Waals surface area (Å²) in [6, 6.07) is 7.58. The fourth-order valence-electron chi connectivity index (χ4n) is 2.69. The highest BCUT2D eigenvalue weighted by Crippen LogP contribution is 2.40. The van der Waals surface area contributed by atoms with Gasteiger partial charge in [0, 0.05) is 17.9 Å². The van der Waals surface area contributed by atoms with Gasteiger partial charge in [-0.25, -0.2) is 0 Å². The maximum atomic E-state index is 12.1. The molecule has 0 aliphatic carbocycles. The summed E-state index contributed by atoms with van der Waals surface area (Å²) in [4.78, 5) is 14.9. The van der Waals surface area contributed by atoms with Gasteiger partial charge in [-0.3, -0.25) is 4.79 Å². The smallest absolute Gasteiger partial charge is 0.302 e. The van der Waals surface area contributed by atoms with Crippen molar-refractivity contribution in [2.45, 2.75) is 13.8 Å². The van der Waals surface area contributed by atoms with Crippen LogP contribution in [0.3, 0.4) is 0 Å². The first-order valence-electron chi connectivity index (χ1n) is 7.80.